The first-order valence-electron chi connectivity index (χ1n) is 5.19. The summed E-state index contributed by atoms with van der Waals surface area (Å²) in [6, 6.07) is 7.83. The summed E-state index contributed by atoms with van der Waals surface area (Å²) in [6.45, 7) is 3.63. The van der Waals surface area contributed by atoms with E-state index in [1.54, 1.807) is 0 Å². The SMILES string of the molecule is CCN(CCC#N)c1ccc(Cl)cc1CCl. The van der Waals surface area contributed by atoms with Crippen molar-refractivity contribution in [2.45, 2.75) is 19.2 Å². The number of nitrogens with zero attached hydrogens (tertiary/aromatic N) is 2. The van der Waals surface area contributed by atoms with Gasteiger partial charge in [-0.05, 0) is 30.7 Å². The lowest BCUT2D eigenvalue weighted by Crippen LogP contribution is -2.24. The number of halogens is 2. The summed E-state index contributed by atoms with van der Waals surface area (Å²) in [7, 11) is 0. The van der Waals surface area contributed by atoms with E-state index in [9.17, 15) is 0 Å². The predicted octanol–water partition coefficient (Wildman–Crippen LogP) is 3.82. The molecule has 0 saturated heterocycles. The molecule has 0 heterocycles. The molecule has 1 aromatic carbocycles. The smallest absolute Gasteiger partial charge is 0.0640 e. The minimum Gasteiger partial charge on any atom is -0.371 e. The molecule has 0 aliphatic carbocycles. The van der Waals surface area contributed by atoms with Gasteiger partial charge in [0.05, 0.1) is 12.5 Å². The number of hydrogen-bond donors (Lipinski definition) is 0. The van der Waals surface area contributed by atoms with E-state index < -0.39 is 0 Å². The lowest BCUT2D eigenvalue weighted by molar-refractivity contribution is 0.823. The molecule has 86 valence electrons. The van der Waals surface area contributed by atoms with Gasteiger partial charge in [-0.2, -0.15) is 5.26 Å². The van der Waals surface area contributed by atoms with Crippen LogP contribution < -0.4 is 4.90 Å². The van der Waals surface area contributed by atoms with Crippen molar-refractivity contribution in [2.24, 2.45) is 0 Å². The molecular weight excluding hydrogens is 243 g/mol. The van der Waals surface area contributed by atoms with Crippen LogP contribution in [0.4, 0.5) is 5.69 Å². The minimum atomic E-state index is 0.430. The monoisotopic (exact) mass is 256 g/mol. The molecular formula is C12H14Cl2N2. The maximum Gasteiger partial charge on any atom is 0.0640 e. The van der Waals surface area contributed by atoms with Crippen molar-refractivity contribution in [3.05, 3.63) is 28.8 Å². The normalized spacial score (nSPS) is 9.88. The third-order valence-electron chi connectivity index (χ3n) is 2.40. The second-order valence-corrected chi connectivity index (χ2v) is 4.10. The summed E-state index contributed by atoms with van der Waals surface area (Å²) in [4.78, 5) is 2.14. The van der Waals surface area contributed by atoms with Crippen molar-refractivity contribution in [3.63, 3.8) is 0 Å². The molecule has 0 spiro atoms. The highest BCUT2D eigenvalue weighted by Crippen LogP contribution is 2.25. The summed E-state index contributed by atoms with van der Waals surface area (Å²) >= 11 is 11.8. The van der Waals surface area contributed by atoms with Crippen LogP contribution in [0.15, 0.2) is 18.2 Å². The molecule has 0 unspecified atom stereocenters. The molecule has 2 nitrogen and oxygen atoms in total. The zero-order chi connectivity index (χ0) is 12.0. The van der Waals surface area contributed by atoms with E-state index in [4.69, 9.17) is 28.5 Å². The largest absolute Gasteiger partial charge is 0.371 e. The highest BCUT2D eigenvalue weighted by Gasteiger charge is 2.09. The fourth-order valence-corrected chi connectivity index (χ4v) is 2.01. The van der Waals surface area contributed by atoms with Crippen molar-refractivity contribution >= 4 is 28.9 Å². The molecule has 0 bridgehead atoms. The molecule has 0 aliphatic heterocycles. The fourth-order valence-electron chi connectivity index (χ4n) is 1.60. The Morgan fingerprint density at radius 3 is 2.75 bits per heavy atom. The van der Waals surface area contributed by atoms with Crippen molar-refractivity contribution in [1.82, 2.24) is 0 Å². The average molecular weight is 257 g/mol. The summed E-state index contributed by atoms with van der Waals surface area (Å²) in [5.41, 5.74) is 2.08. The highest BCUT2D eigenvalue weighted by atomic mass is 35.5. The van der Waals surface area contributed by atoms with Crippen molar-refractivity contribution in [2.75, 3.05) is 18.0 Å². The van der Waals surface area contributed by atoms with E-state index in [1.807, 2.05) is 18.2 Å². The Morgan fingerprint density at radius 1 is 1.44 bits per heavy atom. The van der Waals surface area contributed by atoms with E-state index in [0.29, 0.717) is 17.3 Å². The number of hydrogen-bond acceptors (Lipinski definition) is 2. The first kappa shape index (κ1) is 13.2. The Bertz CT molecular complexity index is 385. The second kappa shape index (κ2) is 6.62. The molecule has 0 saturated carbocycles. The van der Waals surface area contributed by atoms with E-state index in [0.717, 1.165) is 24.3 Å². The van der Waals surface area contributed by atoms with Gasteiger partial charge in [0.25, 0.3) is 0 Å². The number of benzene rings is 1. The van der Waals surface area contributed by atoms with Crippen LogP contribution >= 0.6 is 23.2 Å². The third-order valence-corrected chi connectivity index (χ3v) is 2.92. The van der Waals surface area contributed by atoms with Crippen LogP contribution in [0.3, 0.4) is 0 Å². The molecule has 0 aliphatic rings. The first-order chi connectivity index (χ1) is 7.72. The Balaban J connectivity index is 2.95. The summed E-state index contributed by atoms with van der Waals surface area (Å²) in [5, 5.41) is 9.29. The average Bonchev–Trinajstić information content (AvgIpc) is 2.31. The van der Waals surface area contributed by atoms with Gasteiger partial charge >= 0.3 is 0 Å². The maximum atomic E-state index is 8.60. The molecule has 4 heteroatoms. The quantitative estimate of drug-likeness (QED) is 0.750. The summed E-state index contributed by atoms with van der Waals surface area (Å²) in [5.74, 6) is 0.430. The van der Waals surface area contributed by atoms with Crippen LogP contribution in [0, 0.1) is 11.3 Å². The van der Waals surface area contributed by atoms with Crippen molar-refractivity contribution < 1.29 is 0 Å². The first-order valence-corrected chi connectivity index (χ1v) is 6.10. The van der Waals surface area contributed by atoms with Gasteiger partial charge < -0.3 is 4.90 Å². The third kappa shape index (κ3) is 3.30. The van der Waals surface area contributed by atoms with Gasteiger partial charge in [0.1, 0.15) is 0 Å². The fraction of sp³-hybridized carbons (Fsp3) is 0.417. The molecule has 0 amide bonds. The van der Waals surface area contributed by atoms with Gasteiger partial charge in [0.15, 0.2) is 0 Å². The van der Waals surface area contributed by atoms with Crippen LogP contribution in [-0.2, 0) is 5.88 Å². The lowest BCUT2D eigenvalue weighted by Gasteiger charge is -2.24. The molecule has 1 aromatic rings. The number of nitriles is 1. The Hall–Kier alpha value is -0.910. The van der Waals surface area contributed by atoms with E-state index in [-0.39, 0.29) is 0 Å². The molecule has 0 radical (unpaired) electrons. The molecule has 0 N–H and O–H groups in total. The van der Waals surface area contributed by atoms with E-state index in [1.165, 1.54) is 0 Å². The van der Waals surface area contributed by atoms with Crippen LogP contribution in [-0.4, -0.2) is 13.1 Å². The van der Waals surface area contributed by atoms with Gasteiger partial charge in [-0.15, -0.1) is 11.6 Å². The predicted molar refractivity (Wildman–Crippen MR) is 69.1 cm³/mol. The topological polar surface area (TPSA) is 27.0 Å². The maximum absolute atomic E-state index is 8.60. The zero-order valence-corrected chi connectivity index (χ0v) is 10.7. The van der Waals surface area contributed by atoms with Gasteiger partial charge in [0, 0.05) is 29.7 Å². The van der Waals surface area contributed by atoms with Gasteiger partial charge in [0.2, 0.25) is 0 Å². The standard InChI is InChI=1S/C12H14Cl2N2/c1-2-16(7-3-6-15)12-5-4-11(14)8-10(12)9-13/h4-5,8H,2-3,7,9H2,1H3. The Kier molecular flexibility index (Phi) is 5.45. The number of alkyl halides is 1. The molecule has 16 heavy (non-hydrogen) atoms. The van der Waals surface area contributed by atoms with Crippen LogP contribution in [0.25, 0.3) is 0 Å². The lowest BCUT2D eigenvalue weighted by atomic mass is 10.1. The Morgan fingerprint density at radius 2 is 2.19 bits per heavy atom. The molecule has 0 atom stereocenters. The molecule has 1 rings (SSSR count). The second-order valence-electron chi connectivity index (χ2n) is 3.39. The van der Waals surface area contributed by atoms with Gasteiger partial charge in [-0.3, -0.25) is 0 Å². The number of anilines is 1. The molecule has 0 aromatic heterocycles. The van der Waals surface area contributed by atoms with E-state index >= 15 is 0 Å². The van der Waals surface area contributed by atoms with Crippen LogP contribution in [0.1, 0.15) is 18.9 Å². The van der Waals surface area contributed by atoms with Crippen molar-refractivity contribution in [1.29, 1.82) is 5.26 Å². The van der Waals surface area contributed by atoms with Crippen molar-refractivity contribution in [3.8, 4) is 6.07 Å². The van der Waals surface area contributed by atoms with Gasteiger partial charge in [-0.25, -0.2) is 0 Å². The van der Waals surface area contributed by atoms with Crippen LogP contribution in [0.2, 0.25) is 5.02 Å². The summed E-state index contributed by atoms with van der Waals surface area (Å²) < 4.78 is 0. The van der Waals surface area contributed by atoms with Crippen LogP contribution in [0.5, 0.6) is 0 Å². The highest BCUT2D eigenvalue weighted by molar-refractivity contribution is 6.30. The van der Waals surface area contributed by atoms with Gasteiger partial charge in [-0.1, -0.05) is 11.6 Å². The summed E-state index contributed by atoms with van der Waals surface area (Å²) in [6.07, 6.45) is 0.512. The minimum absolute atomic E-state index is 0.430. The molecule has 0 fully saturated rings. The zero-order valence-electron chi connectivity index (χ0n) is 9.21. The Labute approximate surface area is 106 Å². The van der Waals surface area contributed by atoms with E-state index in [2.05, 4.69) is 17.9 Å². The number of rotatable bonds is 5.